The van der Waals surface area contributed by atoms with E-state index in [-0.39, 0.29) is 16.6 Å². The molecule has 5 nitrogen and oxygen atoms in total. The highest BCUT2D eigenvalue weighted by Gasteiger charge is 2.17. The number of rotatable bonds is 4. The van der Waals surface area contributed by atoms with Crippen LogP contribution in [0.2, 0.25) is 0 Å². The number of hydrogen-bond acceptors (Lipinski definition) is 5. The summed E-state index contributed by atoms with van der Waals surface area (Å²) >= 11 is 3.01. The third-order valence-corrected chi connectivity index (χ3v) is 4.70. The molecule has 0 aromatic carbocycles. The molecule has 1 aromatic rings. The van der Waals surface area contributed by atoms with Crippen LogP contribution in [0.3, 0.4) is 0 Å². The number of carboxylic acids is 1. The van der Waals surface area contributed by atoms with E-state index < -0.39 is 5.97 Å². The van der Waals surface area contributed by atoms with Crippen molar-refractivity contribution in [3.63, 3.8) is 0 Å². The molecule has 1 aromatic heterocycles. The van der Waals surface area contributed by atoms with Crippen molar-refractivity contribution < 1.29 is 14.7 Å². The Bertz CT molecular complexity index is 441. The van der Waals surface area contributed by atoms with Gasteiger partial charge in [0, 0.05) is 11.9 Å². The highest BCUT2D eigenvalue weighted by Crippen LogP contribution is 2.22. The van der Waals surface area contributed by atoms with Gasteiger partial charge in [0.1, 0.15) is 0 Å². The Labute approximate surface area is 113 Å². The van der Waals surface area contributed by atoms with E-state index in [1.807, 2.05) is 11.8 Å². The molecule has 0 radical (unpaired) electrons. The second kappa shape index (κ2) is 6.19. The molecular formula is C11H14N2O3S2. The third kappa shape index (κ3) is 3.46. The van der Waals surface area contributed by atoms with E-state index in [1.54, 1.807) is 0 Å². The van der Waals surface area contributed by atoms with Crippen molar-refractivity contribution in [1.82, 2.24) is 10.3 Å². The number of nitrogens with one attached hydrogen (secondary N) is 1. The molecule has 0 atom stereocenters. The van der Waals surface area contributed by atoms with Crippen molar-refractivity contribution in [3.8, 4) is 0 Å². The van der Waals surface area contributed by atoms with Crippen molar-refractivity contribution in [2.75, 3.05) is 18.1 Å². The fraction of sp³-hybridized carbons (Fsp3) is 0.545. The summed E-state index contributed by atoms with van der Waals surface area (Å²) < 4.78 is 0. The van der Waals surface area contributed by atoms with Crippen molar-refractivity contribution >= 4 is 35.0 Å². The van der Waals surface area contributed by atoms with Gasteiger partial charge in [0.05, 0.1) is 0 Å². The molecule has 18 heavy (non-hydrogen) atoms. The molecule has 1 amide bonds. The number of amides is 1. The van der Waals surface area contributed by atoms with Gasteiger partial charge in [0.25, 0.3) is 5.91 Å². The average Bonchev–Trinajstić information content (AvgIpc) is 2.87. The maximum Gasteiger partial charge on any atom is 0.355 e. The van der Waals surface area contributed by atoms with Crippen LogP contribution in [-0.2, 0) is 0 Å². The Morgan fingerprint density at radius 1 is 1.44 bits per heavy atom. The fourth-order valence-corrected chi connectivity index (χ4v) is 3.65. The summed E-state index contributed by atoms with van der Waals surface area (Å²) in [5.74, 6) is 1.47. The molecule has 0 spiro atoms. The summed E-state index contributed by atoms with van der Waals surface area (Å²) in [6.07, 6.45) is 2.26. The molecule has 1 fully saturated rings. The highest BCUT2D eigenvalue weighted by atomic mass is 32.2. The van der Waals surface area contributed by atoms with Crippen LogP contribution < -0.4 is 5.32 Å². The minimum atomic E-state index is -1.10. The van der Waals surface area contributed by atoms with E-state index in [0.717, 1.165) is 35.7 Å². The molecule has 0 bridgehead atoms. The van der Waals surface area contributed by atoms with Gasteiger partial charge in [-0.3, -0.25) is 4.79 Å². The number of thiazole rings is 1. The second-order valence-electron chi connectivity index (χ2n) is 4.11. The quantitative estimate of drug-likeness (QED) is 0.881. The molecule has 1 aliphatic heterocycles. The molecule has 2 N–H and O–H groups in total. The average molecular weight is 286 g/mol. The summed E-state index contributed by atoms with van der Waals surface area (Å²) in [5, 5.41) is 13.2. The van der Waals surface area contributed by atoms with Crippen molar-refractivity contribution in [3.05, 3.63) is 16.1 Å². The normalized spacial score (nSPS) is 16.4. The molecule has 2 heterocycles. The number of carbonyl (C=O) groups excluding carboxylic acids is 1. The lowest BCUT2D eigenvalue weighted by Gasteiger charge is -2.21. The molecule has 0 unspecified atom stereocenters. The topological polar surface area (TPSA) is 79.3 Å². The van der Waals surface area contributed by atoms with Gasteiger partial charge in [-0.25, -0.2) is 9.78 Å². The smallest absolute Gasteiger partial charge is 0.355 e. The Hall–Kier alpha value is -1.08. The maximum absolute atomic E-state index is 11.8. The van der Waals surface area contributed by atoms with Crippen LogP contribution in [0.4, 0.5) is 0 Å². The zero-order valence-corrected chi connectivity index (χ0v) is 11.4. The van der Waals surface area contributed by atoms with E-state index in [2.05, 4.69) is 10.3 Å². The Morgan fingerprint density at radius 2 is 2.17 bits per heavy atom. The molecule has 98 valence electrons. The van der Waals surface area contributed by atoms with E-state index >= 15 is 0 Å². The zero-order valence-electron chi connectivity index (χ0n) is 9.72. The minimum Gasteiger partial charge on any atom is -0.476 e. The lowest BCUT2D eigenvalue weighted by atomic mass is 10.0. The number of aromatic nitrogens is 1. The molecule has 7 heteroatoms. The largest absolute Gasteiger partial charge is 0.476 e. The molecular weight excluding hydrogens is 272 g/mol. The minimum absolute atomic E-state index is 0.0702. The van der Waals surface area contributed by atoms with Gasteiger partial charge in [0.2, 0.25) is 0 Å². The highest BCUT2D eigenvalue weighted by molar-refractivity contribution is 7.99. The maximum atomic E-state index is 11.8. The number of nitrogens with zero attached hydrogens (tertiary/aromatic N) is 1. The van der Waals surface area contributed by atoms with Gasteiger partial charge in [-0.2, -0.15) is 11.8 Å². The van der Waals surface area contributed by atoms with Gasteiger partial charge < -0.3 is 10.4 Å². The van der Waals surface area contributed by atoms with Gasteiger partial charge in [-0.15, -0.1) is 11.3 Å². The second-order valence-corrected chi connectivity index (χ2v) is 6.19. The fourth-order valence-electron chi connectivity index (χ4n) is 1.74. The molecule has 1 saturated heterocycles. The number of aromatic carboxylic acids is 1. The van der Waals surface area contributed by atoms with Crippen molar-refractivity contribution in [1.29, 1.82) is 0 Å². The Kier molecular flexibility index (Phi) is 4.60. The Morgan fingerprint density at radius 3 is 2.78 bits per heavy atom. The van der Waals surface area contributed by atoms with Gasteiger partial charge in [-0.05, 0) is 30.3 Å². The summed E-state index contributed by atoms with van der Waals surface area (Å²) in [7, 11) is 0. The summed E-state index contributed by atoms with van der Waals surface area (Å²) in [4.78, 5) is 26.2. The van der Waals surface area contributed by atoms with Crippen LogP contribution in [-0.4, -0.2) is 40.0 Å². The summed E-state index contributed by atoms with van der Waals surface area (Å²) in [5.41, 5.74) is -0.0702. The van der Waals surface area contributed by atoms with Crippen LogP contribution in [0, 0.1) is 5.92 Å². The van der Waals surface area contributed by atoms with E-state index in [0.29, 0.717) is 12.5 Å². The molecule has 1 aliphatic rings. The predicted molar refractivity (Wildman–Crippen MR) is 71.5 cm³/mol. The van der Waals surface area contributed by atoms with Gasteiger partial charge >= 0.3 is 5.97 Å². The first-order valence-electron chi connectivity index (χ1n) is 5.71. The Balaban J connectivity index is 1.84. The standard InChI is InChI=1S/C11H14N2O3S2/c14-9(10-13-8(6-18-10)11(15)16)12-5-7-1-3-17-4-2-7/h6-7H,1-5H2,(H,12,14)(H,15,16). The van der Waals surface area contributed by atoms with Crippen LogP contribution in [0.1, 0.15) is 33.1 Å². The third-order valence-electron chi connectivity index (χ3n) is 2.81. The summed E-state index contributed by atoms with van der Waals surface area (Å²) in [6.45, 7) is 0.654. The number of carboxylic acid groups (broad SMARTS) is 1. The lowest BCUT2D eigenvalue weighted by molar-refractivity contribution is 0.0691. The van der Waals surface area contributed by atoms with Gasteiger partial charge in [-0.1, -0.05) is 0 Å². The number of carbonyl (C=O) groups is 2. The van der Waals surface area contributed by atoms with Crippen LogP contribution in [0.5, 0.6) is 0 Å². The van der Waals surface area contributed by atoms with Crippen molar-refractivity contribution in [2.45, 2.75) is 12.8 Å². The zero-order chi connectivity index (χ0) is 13.0. The first-order chi connectivity index (χ1) is 8.66. The van der Waals surface area contributed by atoms with Crippen LogP contribution in [0.15, 0.2) is 5.38 Å². The van der Waals surface area contributed by atoms with Gasteiger partial charge in [0.15, 0.2) is 10.7 Å². The SMILES string of the molecule is O=C(O)c1csc(C(=O)NCC2CCSCC2)n1. The monoisotopic (exact) mass is 286 g/mol. The first-order valence-corrected chi connectivity index (χ1v) is 7.75. The molecule has 0 saturated carbocycles. The predicted octanol–water partition coefficient (Wildman–Crippen LogP) is 1.71. The van der Waals surface area contributed by atoms with Crippen molar-refractivity contribution in [2.24, 2.45) is 5.92 Å². The van der Waals surface area contributed by atoms with Crippen LogP contribution in [0.25, 0.3) is 0 Å². The lowest BCUT2D eigenvalue weighted by Crippen LogP contribution is -2.30. The van der Waals surface area contributed by atoms with Crippen LogP contribution >= 0.6 is 23.1 Å². The van der Waals surface area contributed by atoms with E-state index in [1.165, 1.54) is 5.38 Å². The summed E-state index contributed by atoms with van der Waals surface area (Å²) in [6, 6.07) is 0. The number of hydrogen-bond donors (Lipinski definition) is 2. The molecule has 2 rings (SSSR count). The number of thioether (sulfide) groups is 1. The molecule has 0 aliphatic carbocycles. The van der Waals surface area contributed by atoms with E-state index in [9.17, 15) is 9.59 Å². The van der Waals surface area contributed by atoms with E-state index in [4.69, 9.17) is 5.11 Å². The first kappa shape index (κ1) is 13.4.